The lowest BCUT2D eigenvalue weighted by atomic mass is 10.3. The summed E-state index contributed by atoms with van der Waals surface area (Å²) in [4.78, 5) is 32.1. The first kappa shape index (κ1) is 17.5. The van der Waals surface area contributed by atoms with Gasteiger partial charge in [0.2, 0.25) is 0 Å². The Morgan fingerprint density at radius 3 is 2.69 bits per heavy atom. The van der Waals surface area contributed by atoms with Gasteiger partial charge in [-0.25, -0.2) is 14.2 Å². The first-order valence-electron chi connectivity index (χ1n) is 7.08. The van der Waals surface area contributed by atoms with Crippen LogP contribution in [0.1, 0.15) is 10.5 Å². The number of aromatic nitrogens is 6. The van der Waals surface area contributed by atoms with Crippen molar-refractivity contribution in [2.45, 2.75) is 12.9 Å². The zero-order valence-corrected chi connectivity index (χ0v) is 12.8. The molecule has 0 saturated carbocycles. The van der Waals surface area contributed by atoms with E-state index < -0.39 is 31.1 Å². The number of ether oxygens (including phenoxy) is 1. The van der Waals surface area contributed by atoms with Crippen molar-refractivity contribution in [1.29, 1.82) is 0 Å². The van der Waals surface area contributed by atoms with Crippen LogP contribution < -0.4 is 11.0 Å². The smallest absolute Gasteiger partial charge is 0.320 e. The molecule has 0 fully saturated rings. The molecular weight excluding hydrogens is 359 g/mol. The molecule has 0 unspecified atom stereocenters. The fourth-order valence-corrected chi connectivity index (χ4v) is 2.01. The maximum atomic E-state index is 12.2. The minimum atomic E-state index is -4.81. The second-order valence-electron chi connectivity index (χ2n) is 4.87. The predicted octanol–water partition coefficient (Wildman–Crippen LogP) is 0.470. The molecule has 0 aliphatic heterocycles. The maximum Gasteiger partial charge on any atom is 0.522 e. The third-order valence-electron chi connectivity index (χ3n) is 3.14. The Bertz CT molecular complexity index is 984. The van der Waals surface area contributed by atoms with Crippen LogP contribution in [-0.4, -0.2) is 48.2 Å². The Hall–Kier alpha value is -3.35. The summed E-state index contributed by atoms with van der Waals surface area (Å²) in [6, 6.07) is 3.10. The molecule has 3 aromatic rings. The van der Waals surface area contributed by atoms with E-state index >= 15 is 0 Å². The van der Waals surface area contributed by atoms with E-state index in [2.05, 4.69) is 30.3 Å². The van der Waals surface area contributed by atoms with E-state index in [1.807, 2.05) is 0 Å². The summed E-state index contributed by atoms with van der Waals surface area (Å²) in [6.07, 6.45) is -0.825. The molecule has 0 aliphatic rings. The van der Waals surface area contributed by atoms with Crippen LogP contribution in [0.4, 0.5) is 18.9 Å². The number of nitrogens with one attached hydrogen (secondary N) is 1. The lowest BCUT2D eigenvalue weighted by Gasteiger charge is -2.07. The number of fused-ring (bicyclic) bond motifs is 1. The highest BCUT2D eigenvalue weighted by Crippen LogP contribution is 2.15. The summed E-state index contributed by atoms with van der Waals surface area (Å²) in [5.41, 5.74) is -0.646. The highest BCUT2D eigenvalue weighted by Gasteiger charge is 2.29. The van der Waals surface area contributed by atoms with Gasteiger partial charge in [0, 0.05) is 18.1 Å². The van der Waals surface area contributed by atoms with E-state index in [-0.39, 0.29) is 11.3 Å². The average molecular weight is 369 g/mol. The fraction of sp³-hybridized carbons (Fsp3) is 0.231. The van der Waals surface area contributed by atoms with Crippen molar-refractivity contribution in [2.24, 2.45) is 0 Å². The normalized spacial score (nSPS) is 11.7. The lowest BCUT2D eigenvalue weighted by Crippen LogP contribution is -2.32. The van der Waals surface area contributed by atoms with Crippen molar-refractivity contribution in [1.82, 2.24) is 29.4 Å². The minimum Gasteiger partial charge on any atom is -0.320 e. The van der Waals surface area contributed by atoms with Gasteiger partial charge in [-0.15, -0.1) is 18.3 Å². The first-order valence-corrected chi connectivity index (χ1v) is 7.08. The second-order valence-corrected chi connectivity index (χ2v) is 4.87. The number of carbonyl (C=O) groups is 1. The third kappa shape index (κ3) is 3.83. The molecule has 0 atom stereocenters. The summed E-state index contributed by atoms with van der Waals surface area (Å²) >= 11 is 0. The molecule has 0 bridgehead atoms. The van der Waals surface area contributed by atoms with Crippen LogP contribution in [0, 0.1) is 0 Å². The highest BCUT2D eigenvalue weighted by molar-refractivity contribution is 6.06. The standard InChI is InChI=1S/C13H10F3N7O3/c14-13(15,16)26-6-5-23-12(25)22-7-18-9(10(22)20-21-23)11(24)19-8-1-3-17-4-2-8/h1-4,7H,5-6H2,(H,17,19,24). The molecule has 13 heteroatoms. The summed E-state index contributed by atoms with van der Waals surface area (Å²) in [7, 11) is 0. The quantitative estimate of drug-likeness (QED) is 0.695. The van der Waals surface area contributed by atoms with Gasteiger partial charge in [0.05, 0.1) is 13.2 Å². The van der Waals surface area contributed by atoms with E-state index in [0.717, 1.165) is 10.7 Å². The number of carbonyl (C=O) groups excluding carboxylic acids is 1. The molecule has 0 aromatic carbocycles. The maximum absolute atomic E-state index is 12.2. The van der Waals surface area contributed by atoms with Gasteiger partial charge in [-0.05, 0) is 12.1 Å². The first-order chi connectivity index (χ1) is 12.3. The molecule has 1 amide bonds. The van der Waals surface area contributed by atoms with Crippen LogP contribution in [0.15, 0.2) is 35.6 Å². The Kier molecular flexibility index (Phi) is 4.62. The Morgan fingerprint density at radius 1 is 1.27 bits per heavy atom. The number of halogens is 3. The van der Waals surface area contributed by atoms with Crippen molar-refractivity contribution < 1.29 is 22.7 Å². The Balaban J connectivity index is 1.81. The van der Waals surface area contributed by atoms with Gasteiger partial charge in [-0.1, -0.05) is 5.21 Å². The number of hydrogen-bond donors (Lipinski definition) is 1. The average Bonchev–Trinajstić information content (AvgIpc) is 3.02. The lowest BCUT2D eigenvalue weighted by molar-refractivity contribution is -0.325. The zero-order chi connectivity index (χ0) is 18.7. The van der Waals surface area contributed by atoms with Crippen LogP contribution >= 0.6 is 0 Å². The summed E-state index contributed by atoms with van der Waals surface area (Å²) in [6.45, 7) is -1.29. The highest BCUT2D eigenvalue weighted by atomic mass is 19.4. The molecule has 10 nitrogen and oxygen atoms in total. The van der Waals surface area contributed by atoms with Crippen molar-refractivity contribution >= 4 is 17.2 Å². The molecular formula is C13H10F3N7O3. The zero-order valence-electron chi connectivity index (χ0n) is 12.8. The van der Waals surface area contributed by atoms with Crippen molar-refractivity contribution in [3.05, 3.63) is 47.0 Å². The molecule has 0 spiro atoms. The van der Waals surface area contributed by atoms with Crippen LogP contribution in [0.25, 0.3) is 5.65 Å². The van der Waals surface area contributed by atoms with Gasteiger partial charge in [0.15, 0.2) is 11.3 Å². The van der Waals surface area contributed by atoms with Gasteiger partial charge in [-0.2, -0.15) is 4.68 Å². The SMILES string of the molecule is O=C(Nc1ccncc1)c1ncn2c(=O)n(CCOC(F)(F)F)nnc12. The molecule has 3 aromatic heterocycles. The van der Waals surface area contributed by atoms with E-state index in [0.29, 0.717) is 10.4 Å². The molecule has 0 radical (unpaired) electrons. The van der Waals surface area contributed by atoms with Gasteiger partial charge < -0.3 is 5.32 Å². The molecule has 26 heavy (non-hydrogen) atoms. The van der Waals surface area contributed by atoms with Crippen molar-refractivity contribution in [2.75, 3.05) is 11.9 Å². The van der Waals surface area contributed by atoms with E-state index in [9.17, 15) is 22.8 Å². The molecule has 0 saturated heterocycles. The van der Waals surface area contributed by atoms with E-state index in [4.69, 9.17) is 0 Å². The number of alkyl halides is 3. The summed E-state index contributed by atoms with van der Waals surface area (Å²) < 4.78 is 41.1. The van der Waals surface area contributed by atoms with Gasteiger partial charge in [-0.3, -0.25) is 14.5 Å². The molecule has 1 N–H and O–H groups in total. The molecule has 0 aliphatic carbocycles. The van der Waals surface area contributed by atoms with Gasteiger partial charge in [0.25, 0.3) is 5.91 Å². The number of nitrogens with zero attached hydrogens (tertiary/aromatic N) is 6. The van der Waals surface area contributed by atoms with Crippen LogP contribution in [0.3, 0.4) is 0 Å². The number of anilines is 1. The fourth-order valence-electron chi connectivity index (χ4n) is 2.01. The van der Waals surface area contributed by atoms with Crippen molar-refractivity contribution in [3.8, 4) is 0 Å². The summed E-state index contributed by atoms with van der Waals surface area (Å²) in [5, 5.41) is 9.73. The van der Waals surface area contributed by atoms with Gasteiger partial charge in [0.1, 0.15) is 6.33 Å². The molecule has 136 valence electrons. The van der Waals surface area contributed by atoms with E-state index in [1.54, 1.807) is 12.1 Å². The number of hydrogen-bond acceptors (Lipinski definition) is 7. The monoisotopic (exact) mass is 369 g/mol. The number of amides is 1. The summed E-state index contributed by atoms with van der Waals surface area (Å²) in [5.74, 6) is -0.634. The van der Waals surface area contributed by atoms with E-state index in [1.165, 1.54) is 12.4 Å². The topological polar surface area (TPSA) is 116 Å². The largest absolute Gasteiger partial charge is 0.522 e. The minimum absolute atomic E-state index is 0.130. The number of imidazole rings is 1. The Labute approximate surface area is 142 Å². The Morgan fingerprint density at radius 2 is 2.00 bits per heavy atom. The second kappa shape index (κ2) is 6.87. The van der Waals surface area contributed by atoms with Crippen LogP contribution in [0.2, 0.25) is 0 Å². The third-order valence-corrected chi connectivity index (χ3v) is 3.14. The number of pyridine rings is 1. The van der Waals surface area contributed by atoms with Crippen LogP contribution in [0.5, 0.6) is 0 Å². The van der Waals surface area contributed by atoms with Gasteiger partial charge >= 0.3 is 12.1 Å². The van der Waals surface area contributed by atoms with Crippen molar-refractivity contribution in [3.63, 3.8) is 0 Å². The molecule has 3 heterocycles. The molecule has 3 rings (SSSR count). The predicted molar refractivity (Wildman–Crippen MR) is 79.2 cm³/mol. The number of rotatable bonds is 5. The van der Waals surface area contributed by atoms with Crippen LogP contribution in [-0.2, 0) is 11.3 Å².